The lowest BCUT2D eigenvalue weighted by atomic mass is 10.0. The highest BCUT2D eigenvalue weighted by molar-refractivity contribution is 4.86. The third kappa shape index (κ3) is 1.16. The van der Waals surface area contributed by atoms with Gasteiger partial charge < -0.3 is 0 Å². The molecule has 1 radical (unpaired) electrons. The van der Waals surface area contributed by atoms with Crippen molar-refractivity contribution < 1.29 is 5.11 Å². The molecule has 0 atom stereocenters. The van der Waals surface area contributed by atoms with Crippen LogP contribution in [0.15, 0.2) is 0 Å². The van der Waals surface area contributed by atoms with E-state index < -0.39 is 5.60 Å². The molecule has 1 nitrogen and oxygen atoms in total. The van der Waals surface area contributed by atoms with E-state index in [-0.39, 0.29) is 0 Å². The van der Waals surface area contributed by atoms with E-state index in [4.69, 9.17) is 0 Å². The Kier molecular flexibility index (Phi) is 0.890. The third-order valence-corrected chi connectivity index (χ3v) is 1.56. The minimum absolute atomic E-state index is 0.493. The van der Waals surface area contributed by atoms with Gasteiger partial charge in [0.1, 0.15) is 5.60 Å². The predicted molar refractivity (Wildman–Crippen MR) is 27.5 cm³/mol. The first kappa shape index (κ1) is 5.10. The van der Waals surface area contributed by atoms with Crippen LogP contribution in [-0.2, 0) is 5.11 Å². The van der Waals surface area contributed by atoms with Gasteiger partial charge in [-0.05, 0) is 32.6 Å². The van der Waals surface area contributed by atoms with Crippen molar-refractivity contribution in [3.05, 3.63) is 0 Å². The highest BCUT2D eigenvalue weighted by Crippen LogP contribution is 2.39. The van der Waals surface area contributed by atoms with Crippen LogP contribution in [0.5, 0.6) is 0 Å². The van der Waals surface area contributed by atoms with Gasteiger partial charge in [0.15, 0.2) is 0 Å². The van der Waals surface area contributed by atoms with Crippen LogP contribution in [0, 0.1) is 5.92 Å². The van der Waals surface area contributed by atoms with Crippen molar-refractivity contribution in [1.82, 2.24) is 0 Å². The molecule has 0 aliphatic heterocycles. The molecule has 0 bridgehead atoms. The van der Waals surface area contributed by atoms with Crippen molar-refractivity contribution in [3.63, 3.8) is 0 Å². The van der Waals surface area contributed by atoms with Crippen LogP contribution in [0.25, 0.3) is 0 Å². The van der Waals surface area contributed by atoms with E-state index in [1.807, 2.05) is 0 Å². The molecule has 0 aromatic heterocycles. The number of rotatable bonds is 1. The van der Waals surface area contributed by atoms with Crippen molar-refractivity contribution in [2.45, 2.75) is 32.3 Å². The summed E-state index contributed by atoms with van der Waals surface area (Å²) in [6, 6.07) is 0. The molecule has 7 heavy (non-hydrogen) atoms. The van der Waals surface area contributed by atoms with Crippen molar-refractivity contribution in [3.8, 4) is 0 Å². The average Bonchev–Trinajstić information content (AvgIpc) is 1.99. The fraction of sp³-hybridized carbons (Fsp3) is 1.00. The molecule has 1 heteroatoms. The maximum absolute atomic E-state index is 10.9. The third-order valence-electron chi connectivity index (χ3n) is 1.56. The second kappa shape index (κ2) is 1.22. The van der Waals surface area contributed by atoms with Crippen molar-refractivity contribution in [2.75, 3.05) is 0 Å². The van der Waals surface area contributed by atoms with Gasteiger partial charge in [-0.1, -0.05) is 0 Å². The molecule has 0 unspecified atom stereocenters. The molecular formula is C6H11O. The fourth-order valence-electron chi connectivity index (χ4n) is 0.779. The van der Waals surface area contributed by atoms with Gasteiger partial charge in [-0.3, -0.25) is 0 Å². The molecule has 0 aromatic carbocycles. The standard InChI is InChI=1S/C6H11O/c1-6(2,7)5-3-4-5/h5H,3-4H2,1-2H3. The first-order valence-electron chi connectivity index (χ1n) is 2.81. The van der Waals surface area contributed by atoms with Gasteiger partial charge >= 0.3 is 0 Å². The predicted octanol–water partition coefficient (Wildman–Crippen LogP) is 1.61. The molecule has 1 rings (SSSR count). The summed E-state index contributed by atoms with van der Waals surface area (Å²) in [7, 11) is 0. The molecule has 1 fully saturated rings. The summed E-state index contributed by atoms with van der Waals surface area (Å²) in [6.07, 6.45) is 2.33. The van der Waals surface area contributed by atoms with E-state index in [0.29, 0.717) is 5.92 Å². The van der Waals surface area contributed by atoms with E-state index in [9.17, 15) is 5.11 Å². The van der Waals surface area contributed by atoms with Crippen molar-refractivity contribution in [2.24, 2.45) is 5.92 Å². The lowest BCUT2D eigenvalue weighted by Gasteiger charge is -2.10. The zero-order valence-corrected chi connectivity index (χ0v) is 4.90. The van der Waals surface area contributed by atoms with E-state index in [1.165, 1.54) is 0 Å². The minimum Gasteiger partial charge on any atom is -0.230 e. The Balaban J connectivity index is 2.36. The molecule has 1 aliphatic carbocycles. The van der Waals surface area contributed by atoms with Crippen LogP contribution in [0.3, 0.4) is 0 Å². The summed E-state index contributed by atoms with van der Waals surface area (Å²) < 4.78 is 0. The van der Waals surface area contributed by atoms with Gasteiger partial charge in [0.2, 0.25) is 0 Å². The Morgan fingerprint density at radius 2 is 1.86 bits per heavy atom. The molecule has 0 N–H and O–H groups in total. The summed E-state index contributed by atoms with van der Waals surface area (Å²) in [5.41, 5.74) is -0.639. The Morgan fingerprint density at radius 3 is 1.86 bits per heavy atom. The summed E-state index contributed by atoms with van der Waals surface area (Å²) in [4.78, 5) is 0. The first-order chi connectivity index (χ1) is 3.11. The van der Waals surface area contributed by atoms with Gasteiger partial charge in [-0.15, -0.1) is 0 Å². The average molecular weight is 99.2 g/mol. The van der Waals surface area contributed by atoms with Crippen LogP contribution < -0.4 is 0 Å². The van der Waals surface area contributed by atoms with Gasteiger partial charge in [0.25, 0.3) is 0 Å². The van der Waals surface area contributed by atoms with Crippen LogP contribution in [0.2, 0.25) is 0 Å². The highest BCUT2D eigenvalue weighted by Gasteiger charge is 2.37. The molecule has 1 saturated carbocycles. The zero-order chi connectivity index (χ0) is 5.49. The molecule has 0 saturated heterocycles. The summed E-state index contributed by atoms with van der Waals surface area (Å²) in [5.74, 6) is 0.493. The van der Waals surface area contributed by atoms with Gasteiger partial charge in [0.05, 0.1) is 0 Å². The Bertz CT molecular complexity index is 66.7. The molecular weight excluding hydrogens is 88.1 g/mol. The van der Waals surface area contributed by atoms with Gasteiger partial charge in [-0.25, -0.2) is 5.11 Å². The van der Waals surface area contributed by atoms with E-state index in [1.54, 1.807) is 13.8 Å². The molecule has 0 heterocycles. The largest absolute Gasteiger partial charge is 0.230 e. The fourth-order valence-corrected chi connectivity index (χ4v) is 0.779. The molecule has 0 spiro atoms. The maximum atomic E-state index is 10.9. The van der Waals surface area contributed by atoms with Crippen LogP contribution in [0.4, 0.5) is 0 Å². The van der Waals surface area contributed by atoms with Crippen molar-refractivity contribution >= 4 is 0 Å². The van der Waals surface area contributed by atoms with Gasteiger partial charge in [0, 0.05) is 0 Å². The lowest BCUT2D eigenvalue weighted by Crippen LogP contribution is -2.18. The number of hydrogen-bond donors (Lipinski definition) is 0. The monoisotopic (exact) mass is 99.1 g/mol. The van der Waals surface area contributed by atoms with Gasteiger partial charge in [-0.2, -0.15) is 0 Å². The summed E-state index contributed by atoms with van der Waals surface area (Å²) in [5, 5.41) is 10.9. The highest BCUT2D eigenvalue weighted by atomic mass is 16.3. The normalized spacial score (nSPS) is 22.7. The molecule has 41 valence electrons. The lowest BCUT2D eigenvalue weighted by molar-refractivity contribution is -0.0155. The van der Waals surface area contributed by atoms with Crippen LogP contribution in [-0.4, -0.2) is 5.60 Å². The van der Waals surface area contributed by atoms with Crippen LogP contribution >= 0.6 is 0 Å². The zero-order valence-electron chi connectivity index (χ0n) is 4.90. The smallest absolute Gasteiger partial charge is 0.101 e. The van der Waals surface area contributed by atoms with E-state index >= 15 is 0 Å². The molecule has 0 aromatic rings. The first-order valence-corrected chi connectivity index (χ1v) is 2.81. The minimum atomic E-state index is -0.639. The van der Waals surface area contributed by atoms with E-state index in [2.05, 4.69) is 0 Å². The second-order valence-corrected chi connectivity index (χ2v) is 2.88. The molecule has 1 aliphatic rings. The van der Waals surface area contributed by atoms with E-state index in [0.717, 1.165) is 12.8 Å². The maximum Gasteiger partial charge on any atom is 0.101 e. The van der Waals surface area contributed by atoms with Crippen molar-refractivity contribution in [1.29, 1.82) is 0 Å². The number of hydrogen-bond acceptors (Lipinski definition) is 0. The summed E-state index contributed by atoms with van der Waals surface area (Å²) in [6.45, 7) is 3.54. The summed E-state index contributed by atoms with van der Waals surface area (Å²) >= 11 is 0. The van der Waals surface area contributed by atoms with Crippen LogP contribution in [0.1, 0.15) is 26.7 Å². The SMILES string of the molecule is CC(C)([O])C1CC1. The Hall–Kier alpha value is -0.0400. The second-order valence-electron chi connectivity index (χ2n) is 2.88. The topological polar surface area (TPSA) is 19.9 Å². The Labute approximate surface area is 44.4 Å². The quantitative estimate of drug-likeness (QED) is 0.476. The Morgan fingerprint density at radius 1 is 1.43 bits per heavy atom. The molecule has 0 amide bonds.